The summed E-state index contributed by atoms with van der Waals surface area (Å²) >= 11 is 0. The number of nitrogens with zero attached hydrogens (tertiary/aromatic N) is 2. The molecule has 0 spiro atoms. The standard InChI is InChI=1S/C27H28N2O2/c1-4-24(30)29-25(20(2)3)27(21-14-8-5-9-15-21,22-16-10-6-11-17-22)31-26(29)28-23-18-12-7-13-19-23/h5-20,25H,4H2,1-3H3/t25-/m0/s1. The molecule has 1 aliphatic heterocycles. The molecule has 1 atom stereocenters. The molecule has 0 N–H and O–H groups in total. The molecule has 0 unspecified atom stereocenters. The Hall–Kier alpha value is -3.40. The van der Waals surface area contributed by atoms with E-state index in [1.165, 1.54) is 0 Å². The molecule has 3 aromatic rings. The normalized spacial score (nSPS) is 18.9. The fraction of sp³-hybridized carbons (Fsp3) is 0.259. The fourth-order valence-electron chi connectivity index (χ4n) is 4.44. The summed E-state index contributed by atoms with van der Waals surface area (Å²) in [5.41, 5.74) is 1.92. The van der Waals surface area contributed by atoms with Gasteiger partial charge in [0.2, 0.25) is 5.91 Å². The van der Waals surface area contributed by atoms with Crippen LogP contribution in [0, 0.1) is 5.92 Å². The Morgan fingerprint density at radius 1 is 0.903 bits per heavy atom. The topological polar surface area (TPSA) is 41.9 Å². The Morgan fingerprint density at radius 3 is 1.84 bits per heavy atom. The number of rotatable bonds is 5. The SMILES string of the molecule is CCC(=O)N1C(=Nc2ccccc2)OC(c2ccccc2)(c2ccccc2)[C@@H]1C(C)C. The van der Waals surface area contributed by atoms with Gasteiger partial charge in [-0.05, 0) is 18.1 Å². The van der Waals surface area contributed by atoms with Crippen LogP contribution in [0.4, 0.5) is 5.69 Å². The molecule has 4 rings (SSSR count). The highest BCUT2D eigenvalue weighted by atomic mass is 16.5. The molecule has 4 nitrogen and oxygen atoms in total. The fourth-order valence-corrected chi connectivity index (χ4v) is 4.44. The minimum absolute atomic E-state index is 0.00196. The van der Waals surface area contributed by atoms with E-state index in [2.05, 4.69) is 38.1 Å². The van der Waals surface area contributed by atoms with Gasteiger partial charge in [0.15, 0.2) is 5.60 Å². The summed E-state index contributed by atoms with van der Waals surface area (Å²) < 4.78 is 6.79. The van der Waals surface area contributed by atoms with Gasteiger partial charge in [0, 0.05) is 17.5 Å². The van der Waals surface area contributed by atoms with E-state index in [1.807, 2.05) is 73.7 Å². The zero-order chi connectivity index (χ0) is 21.8. The molecule has 1 fully saturated rings. The largest absolute Gasteiger partial charge is 0.446 e. The number of para-hydroxylation sites is 1. The van der Waals surface area contributed by atoms with Crippen LogP contribution in [0.1, 0.15) is 38.3 Å². The molecule has 0 aliphatic carbocycles. The quantitative estimate of drug-likeness (QED) is 0.523. The smallest absolute Gasteiger partial charge is 0.301 e. The first-order valence-electron chi connectivity index (χ1n) is 10.8. The predicted molar refractivity (Wildman–Crippen MR) is 124 cm³/mol. The molecular weight excluding hydrogens is 384 g/mol. The Balaban J connectivity index is 1.99. The van der Waals surface area contributed by atoms with Gasteiger partial charge in [-0.3, -0.25) is 9.69 Å². The maximum Gasteiger partial charge on any atom is 0.301 e. The minimum Gasteiger partial charge on any atom is -0.446 e. The second-order valence-corrected chi connectivity index (χ2v) is 8.11. The van der Waals surface area contributed by atoms with Crippen molar-refractivity contribution in [3.63, 3.8) is 0 Å². The summed E-state index contributed by atoms with van der Waals surface area (Å²) in [7, 11) is 0. The summed E-state index contributed by atoms with van der Waals surface area (Å²) in [4.78, 5) is 19.8. The molecule has 0 saturated carbocycles. The molecule has 0 bridgehead atoms. The number of hydrogen-bond donors (Lipinski definition) is 0. The van der Waals surface area contributed by atoms with Crippen molar-refractivity contribution in [2.24, 2.45) is 10.9 Å². The average molecular weight is 413 g/mol. The highest BCUT2D eigenvalue weighted by Gasteiger charge is 2.57. The Bertz CT molecular complexity index is 1010. The van der Waals surface area contributed by atoms with Crippen molar-refractivity contribution in [1.29, 1.82) is 0 Å². The number of benzene rings is 3. The molecule has 1 aliphatic rings. The van der Waals surface area contributed by atoms with Gasteiger partial charge in [0.25, 0.3) is 0 Å². The lowest BCUT2D eigenvalue weighted by Gasteiger charge is -2.37. The first-order valence-corrected chi connectivity index (χ1v) is 10.8. The van der Waals surface area contributed by atoms with Gasteiger partial charge in [0.05, 0.1) is 11.7 Å². The first-order chi connectivity index (χ1) is 15.1. The van der Waals surface area contributed by atoms with E-state index in [0.717, 1.165) is 16.8 Å². The number of carbonyl (C=O) groups excluding carboxylic acids is 1. The van der Waals surface area contributed by atoms with Crippen molar-refractivity contribution >= 4 is 17.6 Å². The van der Waals surface area contributed by atoms with Crippen LogP contribution < -0.4 is 0 Å². The van der Waals surface area contributed by atoms with Crippen LogP contribution in [-0.2, 0) is 15.1 Å². The Labute approximate surface area is 184 Å². The van der Waals surface area contributed by atoms with Crippen LogP contribution in [-0.4, -0.2) is 22.9 Å². The highest BCUT2D eigenvalue weighted by Crippen LogP contribution is 2.47. The Kier molecular flexibility index (Phi) is 5.90. The third-order valence-electron chi connectivity index (χ3n) is 5.74. The number of hydrogen-bond acceptors (Lipinski definition) is 3. The van der Waals surface area contributed by atoms with Gasteiger partial charge < -0.3 is 4.74 Å². The molecule has 1 heterocycles. The molecule has 3 aromatic carbocycles. The Morgan fingerprint density at radius 2 is 1.39 bits per heavy atom. The maximum atomic E-state index is 13.2. The van der Waals surface area contributed by atoms with E-state index in [4.69, 9.17) is 9.73 Å². The number of amidine groups is 1. The molecule has 4 heteroatoms. The van der Waals surface area contributed by atoms with Crippen LogP contribution in [0.25, 0.3) is 0 Å². The van der Waals surface area contributed by atoms with Crippen molar-refractivity contribution in [3.8, 4) is 0 Å². The third-order valence-corrected chi connectivity index (χ3v) is 5.74. The number of aliphatic imine (C=N–C) groups is 1. The molecule has 0 aromatic heterocycles. The van der Waals surface area contributed by atoms with Crippen LogP contribution in [0.3, 0.4) is 0 Å². The van der Waals surface area contributed by atoms with Crippen molar-refractivity contribution in [1.82, 2.24) is 4.90 Å². The average Bonchev–Trinajstić information content (AvgIpc) is 3.16. The lowest BCUT2D eigenvalue weighted by atomic mass is 9.75. The van der Waals surface area contributed by atoms with Gasteiger partial charge in [-0.15, -0.1) is 0 Å². The lowest BCUT2D eigenvalue weighted by molar-refractivity contribution is -0.129. The second kappa shape index (κ2) is 8.76. The van der Waals surface area contributed by atoms with Gasteiger partial charge in [-0.1, -0.05) is 99.6 Å². The van der Waals surface area contributed by atoms with Crippen molar-refractivity contribution < 1.29 is 9.53 Å². The third kappa shape index (κ3) is 3.74. The van der Waals surface area contributed by atoms with E-state index in [1.54, 1.807) is 4.90 Å². The summed E-state index contributed by atoms with van der Waals surface area (Å²) in [6, 6.07) is 30.1. The monoisotopic (exact) mass is 412 g/mol. The molecule has 0 radical (unpaired) electrons. The van der Waals surface area contributed by atoms with Crippen LogP contribution in [0.2, 0.25) is 0 Å². The summed E-state index contributed by atoms with van der Waals surface area (Å²) in [6.07, 6.45) is 0.375. The van der Waals surface area contributed by atoms with E-state index < -0.39 is 5.60 Å². The van der Waals surface area contributed by atoms with Gasteiger partial charge in [-0.2, -0.15) is 4.99 Å². The van der Waals surface area contributed by atoms with Crippen molar-refractivity contribution in [2.45, 2.75) is 38.8 Å². The van der Waals surface area contributed by atoms with Crippen molar-refractivity contribution in [3.05, 3.63) is 102 Å². The van der Waals surface area contributed by atoms with Gasteiger partial charge in [0.1, 0.15) is 0 Å². The predicted octanol–water partition coefficient (Wildman–Crippen LogP) is 5.91. The zero-order valence-electron chi connectivity index (χ0n) is 18.2. The molecule has 158 valence electrons. The summed E-state index contributed by atoms with van der Waals surface area (Å²) in [5, 5.41) is 0. The number of amides is 1. The number of carbonyl (C=O) groups is 1. The maximum absolute atomic E-state index is 13.2. The number of ether oxygens (including phenoxy) is 1. The van der Waals surface area contributed by atoms with E-state index in [0.29, 0.717) is 12.4 Å². The van der Waals surface area contributed by atoms with Gasteiger partial charge >= 0.3 is 6.02 Å². The minimum atomic E-state index is -0.852. The molecule has 1 amide bonds. The zero-order valence-corrected chi connectivity index (χ0v) is 18.2. The second-order valence-electron chi connectivity index (χ2n) is 8.11. The summed E-state index contributed by atoms with van der Waals surface area (Å²) in [5.74, 6) is 0.126. The summed E-state index contributed by atoms with van der Waals surface area (Å²) in [6.45, 7) is 6.15. The first kappa shape index (κ1) is 20.9. The van der Waals surface area contributed by atoms with Crippen LogP contribution in [0.5, 0.6) is 0 Å². The van der Waals surface area contributed by atoms with Crippen LogP contribution in [0.15, 0.2) is 96.0 Å². The lowest BCUT2D eigenvalue weighted by Crippen LogP contribution is -2.49. The van der Waals surface area contributed by atoms with E-state index in [9.17, 15) is 4.79 Å². The molecular formula is C27H28N2O2. The molecule has 31 heavy (non-hydrogen) atoms. The van der Waals surface area contributed by atoms with E-state index in [-0.39, 0.29) is 17.9 Å². The van der Waals surface area contributed by atoms with Crippen LogP contribution >= 0.6 is 0 Å². The van der Waals surface area contributed by atoms with Gasteiger partial charge in [-0.25, -0.2) is 0 Å². The van der Waals surface area contributed by atoms with E-state index >= 15 is 0 Å². The van der Waals surface area contributed by atoms with Crippen molar-refractivity contribution in [2.75, 3.05) is 0 Å². The molecule has 1 saturated heterocycles. The highest BCUT2D eigenvalue weighted by molar-refractivity contribution is 5.98.